The Kier molecular flexibility index (Phi) is 4.15. The minimum Gasteiger partial charge on any atom is -0.398 e. The van der Waals surface area contributed by atoms with Crippen LogP contribution in [0.5, 0.6) is 0 Å². The van der Waals surface area contributed by atoms with Crippen LogP contribution in [-0.4, -0.2) is 9.55 Å². The summed E-state index contributed by atoms with van der Waals surface area (Å²) in [5, 5.41) is 0.647. The van der Waals surface area contributed by atoms with E-state index in [9.17, 15) is 4.79 Å². The third kappa shape index (κ3) is 2.72. The van der Waals surface area contributed by atoms with E-state index < -0.39 is 0 Å². The van der Waals surface area contributed by atoms with Crippen LogP contribution in [0.2, 0.25) is 0 Å². The molecule has 2 heterocycles. The number of benzene rings is 1. The van der Waals surface area contributed by atoms with Gasteiger partial charge in [0.15, 0.2) is 5.43 Å². The number of nitrogens with two attached hydrogens (primary N) is 1. The van der Waals surface area contributed by atoms with Gasteiger partial charge >= 0.3 is 0 Å². The van der Waals surface area contributed by atoms with Gasteiger partial charge in [0.25, 0.3) is 0 Å². The Morgan fingerprint density at radius 1 is 1.23 bits per heavy atom. The normalized spacial score (nSPS) is 11.0. The summed E-state index contributed by atoms with van der Waals surface area (Å²) in [6.45, 7) is 2.53. The topological polar surface area (TPSA) is 60.9 Å². The lowest BCUT2D eigenvalue weighted by Gasteiger charge is -2.15. The molecule has 0 fully saturated rings. The number of rotatable bonds is 3. The molecular formula is C17H16IN3O. The molecular weight excluding hydrogens is 389 g/mol. The summed E-state index contributed by atoms with van der Waals surface area (Å²) in [6.07, 6.45) is 0. The van der Waals surface area contributed by atoms with Gasteiger partial charge in [-0.15, -0.1) is 0 Å². The average Bonchev–Trinajstić information content (AvgIpc) is 2.52. The van der Waals surface area contributed by atoms with Crippen LogP contribution in [0.3, 0.4) is 0 Å². The fourth-order valence-corrected chi connectivity index (χ4v) is 2.95. The molecule has 0 saturated heterocycles. The quantitative estimate of drug-likeness (QED) is 0.414. The van der Waals surface area contributed by atoms with E-state index in [0.29, 0.717) is 11.9 Å². The zero-order chi connectivity index (χ0) is 15.7. The summed E-state index contributed by atoms with van der Waals surface area (Å²) >= 11 is 2.27. The number of para-hydroxylation sites is 1. The molecule has 0 bridgehead atoms. The first-order valence-electron chi connectivity index (χ1n) is 6.99. The first-order valence-corrected chi connectivity index (χ1v) is 8.52. The van der Waals surface area contributed by atoms with Crippen LogP contribution in [0, 0.1) is 6.92 Å². The second-order valence-electron chi connectivity index (χ2n) is 5.24. The number of nitrogens with zero attached hydrogens (tertiary/aromatic N) is 2. The molecule has 112 valence electrons. The molecule has 0 atom stereocenters. The van der Waals surface area contributed by atoms with Gasteiger partial charge in [-0.25, -0.2) is 4.98 Å². The molecule has 0 unspecified atom stereocenters. The summed E-state index contributed by atoms with van der Waals surface area (Å²) in [5.74, 6) is 0. The first-order chi connectivity index (χ1) is 10.6. The minimum atomic E-state index is 0.0114. The van der Waals surface area contributed by atoms with Crippen LogP contribution in [-0.2, 0) is 11.0 Å². The van der Waals surface area contributed by atoms with E-state index in [1.807, 2.05) is 43.3 Å². The third-order valence-corrected chi connectivity index (χ3v) is 4.52. The molecule has 0 aliphatic rings. The minimum absolute atomic E-state index is 0.0114. The van der Waals surface area contributed by atoms with Gasteiger partial charge in [0.05, 0.1) is 17.6 Å². The smallest absolute Gasteiger partial charge is 0.191 e. The van der Waals surface area contributed by atoms with Crippen LogP contribution in [0.4, 0.5) is 5.69 Å². The van der Waals surface area contributed by atoms with Gasteiger partial charge in [-0.05, 0) is 30.7 Å². The van der Waals surface area contributed by atoms with E-state index in [1.165, 1.54) is 0 Å². The number of pyridine rings is 2. The van der Waals surface area contributed by atoms with Crippen molar-refractivity contribution in [3.8, 4) is 0 Å². The van der Waals surface area contributed by atoms with Crippen molar-refractivity contribution in [2.75, 3.05) is 5.73 Å². The number of halogens is 1. The molecule has 5 heteroatoms. The summed E-state index contributed by atoms with van der Waals surface area (Å²) < 4.78 is 2.86. The second kappa shape index (κ2) is 6.08. The summed E-state index contributed by atoms with van der Waals surface area (Å²) in [4.78, 5) is 16.8. The van der Waals surface area contributed by atoms with Crippen LogP contribution in [0.25, 0.3) is 11.0 Å². The van der Waals surface area contributed by atoms with Crippen molar-refractivity contribution in [3.05, 3.63) is 69.6 Å². The number of aromatic nitrogens is 2. The number of fused-ring (bicyclic) bond motifs is 1. The van der Waals surface area contributed by atoms with E-state index in [1.54, 1.807) is 6.07 Å². The molecule has 4 nitrogen and oxygen atoms in total. The van der Waals surface area contributed by atoms with E-state index in [0.717, 1.165) is 32.7 Å². The van der Waals surface area contributed by atoms with E-state index in [4.69, 9.17) is 5.73 Å². The predicted octanol–water partition coefficient (Wildman–Crippen LogP) is 3.27. The highest BCUT2D eigenvalue weighted by atomic mass is 127. The van der Waals surface area contributed by atoms with Crippen molar-refractivity contribution in [2.24, 2.45) is 0 Å². The molecule has 0 spiro atoms. The SMILES string of the molecule is Cc1cc(=O)c2ccc(CI)nc2n1Cc1ccccc1N. The van der Waals surface area contributed by atoms with Crippen molar-refractivity contribution >= 4 is 39.3 Å². The van der Waals surface area contributed by atoms with Gasteiger partial charge in [-0.3, -0.25) is 4.79 Å². The predicted molar refractivity (Wildman–Crippen MR) is 98.4 cm³/mol. The van der Waals surface area contributed by atoms with Gasteiger partial charge in [0.2, 0.25) is 0 Å². The zero-order valence-electron chi connectivity index (χ0n) is 12.2. The Balaban J connectivity index is 2.24. The molecule has 22 heavy (non-hydrogen) atoms. The molecule has 0 radical (unpaired) electrons. The Labute approximate surface area is 142 Å². The van der Waals surface area contributed by atoms with Crippen molar-refractivity contribution in [2.45, 2.75) is 17.9 Å². The molecule has 0 aliphatic heterocycles. The molecule has 2 N–H and O–H groups in total. The molecule has 0 saturated carbocycles. The number of alkyl halides is 1. The van der Waals surface area contributed by atoms with Gasteiger partial charge in [-0.1, -0.05) is 40.8 Å². The number of hydrogen-bond acceptors (Lipinski definition) is 3. The maximum atomic E-state index is 12.2. The third-order valence-electron chi connectivity index (χ3n) is 3.74. The summed E-state index contributed by atoms with van der Waals surface area (Å²) in [5.41, 5.74) is 10.4. The fourth-order valence-electron chi connectivity index (χ4n) is 2.52. The fraction of sp³-hybridized carbons (Fsp3) is 0.176. The summed E-state index contributed by atoms with van der Waals surface area (Å²) in [7, 11) is 0. The van der Waals surface area contributed by atoms with Crippen LogP contribution in [0.15, 0.2) is 47.3 Å². The molecule has 0 aliphatic carbocycles. The van der Waals surface area contributed by atoms with Gasteiger partial charge in [0, 0.05) is 21.9 Å². The summed E-state index contributed by atoms with van der Waals surface area (Å²) in [6, 6.07) is 13.2. The lowest BCUT2D eigenvalue weighted by molar-refractivity contribution is 0.781. The largest absolute Gasteiger partial charge is 0.398 e. The van der Waals surface area contributed by atoms with Crippen molar-refractivity contribution < 1.29 is 0 Å². The van der Waals surface area contributed by atoms with Gasteiger partial charge < -0.3 is 10.3 Å². The monoisotopic (exact) mass is 405 g/mol. The highest BCUT2D eigenvalue weighted by Gasteiger charge is 2.10. The lowest BCUT2D eigenvalue weighted by Crippen LogP contribution is -2.15. The Hall–Kier alpha value is -1.89. The molecule has 3 aromatic rings. The number of anilines is 1. The van der Waals surface area contributed by atoms with E-state index >= 15 is 0 Å². The van der Waals surface area contributed by atoms with E-state index in [2.05, 4.69) is 32.1 Å². The second-order valence-corrected chi connectivity index (χ2v) is 6.01. The van der Waals surface area contributed by atoms with Crippen molar-refractivity contribution in [3.63, 3.8) is 0 Å². The molecule has 0 amide bonds. The zero-order valence-corrected chi connectivity index (χ0v) is 14.4. The maximum absolute atomic E-state index is 12.2. The van der Waals surface area contributed by atoms with Gasteiger partial charge in [0.1, 0.15) is 5.65 Å². The van der Waals surface area contributed by atoms with Gasteiger partial charge in [-0.2, -0.15) is 0 Å². The maximum Gasteiger partial charge on any atom is 0.191 e. The van der Waals surface area contributed by atoms with Crippen LogP contribution < -0.4 is 11.2 Å². The molecule has 2 aromatic heterocycles. The number of hydrogen-bond donors (Lipinski definition) is 1. The van der Waals surface area contributed by atoms with Crippen molar-refractivity contribution in [1.82, 2.24) is 9.55 Å². The number of aryl methyl sites for hydroxylation is 1. The lowest BCUT2D eigenvalue weighted by atomic mass is 10.1. The van der Waals surface area contributed by atoms with Crippen LogP contribution in [0.1, 0.15) is 17.0 Å². The Morgan fingerprint density at radius 3 is 2.73 bits per heavy atom. The Morgan fingerprint density at radius 2 is 2.00 bits per heavy atom. The molecule has 1 aromatic carbocycles. The first kappa shape index (κ1) is 15.0. The number of nitrogen functional groups attached to an aromatic ring is 1. The highest BCUT2D eigenvalue weighted by Crippen LogP contribution is 2.18. The van der Waals surface area contributed by atoms with Crippen molar-refractivity contribution in [1.29, 1.82) is 0 Å². The molecule has 3 rings (SSSR count). The van der Waals surface area contributed by atoms with Crippen LogP contribution >= 0.6 is 22.6 Å². The standard InChI is InChI=1S/C17H16IN3O/c1-11-8-16(22)14-7-6-13(9-18)20-17(14)21(11)10-12-4-2-3-5-15(12)19/h2-8H,9-10,19H2,1H3. The highest BCUT2D eigenvalue weighted by molar-refractivity contribution is 14.1. The van der Waals surface area contributed by atoms with E-state index in [-0.39, 0.29) is 5.43 Å². The Bertz CT molecular complexity index is 902. The average molecular weight is 405 g/mol.